The van der Waals surface area contributed by atoms with Gasteiger partial charge < -0.3 is 15.8 Å². The van der Waals surface area contributed by atoms with Crippen LogP contribution in [0.2, 0.25) is 0 Å². The van der Waals surface area contributed by atoms with Crippen molar-refractivity contribution in [2.45, 2.75) is 13.8 Å². The molecule has 0 saturated heterocycles. The number of amides is 1. The van der Waals surface area contributed by atoms with Gasteiger partial charge in [-0.15, -0.1) is 0 Å². The summed E-state index contributed by atoms with van der Waals surface area (Å²) in [5, 5.41) is 3.72. The molecule has 0 fully saturated rings. The summed E-state index contributed by atoms with van der Waals surface area (Å²) in [6.07, 6.45) is 3.27. The molecule has 2 aromatic heterocycles. The van der Waals surface area contributed by atoms with Crippen LogP contribution >= 0.6 is 0 Å². The number of nitrogens with zero attached hydrogens (tertiary/aromatic N) is 3. The molecule has 0 radical (unpaired) electrons. The average molecular weight is 463 g/mol. The van der Waals surface area contributed by atoms with Gasteiger partial charge in [-0.25, -0.2) is 18.7 Å². The Balaban J connectivity index is 1.94. The van der Waals surface area contributed by atoms with Gasteiger partial charge >= 0.3 is 0 Å². The number of methoxy groups -OCH3 is 1. The summed E-state index contributed by atoms with van der Waals surface area (Å²) < 4.78 is 33.6. The number of pyridine rings is 1. The fourth-order valence-corrected chi connectivity index (χ4v) is 3.39. The predicted octanol–water partition coefficient (Wildman–Crippen LogP) is 4.57. The lowest BCUT2D eigenvalue weighted by atomic mass is 9.92. The molecule has 0 saturated carbocycles. The van der Waals surface area contributed by atoms with Crippen molar-refractivity contribution in [1.82, 2.24) is 15.0 Å². The molecule has 7 nitrogen and oxygen atoms in total. The molecule has 2 aromatic carbocycles. The maximum Gasteiger partial charge on any atom is 0.224 e. The smallest absolute Gasteiger partial charge is 0.224 e. The first-order chi connectivity index (χ1) is 16.2. The number of nitrogens with one attached hydrogen (secondary N) is 1. The molecule has 0 aliphatic carbocycles. The van der Waals surface area contributed by atoms with E-state index in [4.69, 9.17) is 10.5 Å². The Bertz CT molecular complexity index is 1380. The van der Waals surface area contributed by atoms with Gasteiger partial charge in [0.25, 0.3) is 0 Å². The topological polar surface area (TPSA) is 103 Å². The zero-order valence-electron chi connectivity index (χ0n) is 18.9. The zero-order valence-corrected chi connectivity index (χ0v) is 18.9. The van der Waals surface area contributed by atoms with Crippen molar-refractivity contribution in [2.24, 2.45) is 11.1 Å². The molecular weight excluding hydrogens is 440 g/mol. The van der Waals surface area contributed by atoms with E-state index in [1.165, 1.54) is 19.2 Å². The summed E-state index contributed by atoms with van der Waals surface area (Å²) >= 11 is 0. The van der Waals surface area contributed by atoms with Crippen molar-refractivity contribution >= 4 is 22.6 Å². The Kier molecular flexibility index (Phi) is 6.10. The summed E-state index contributed by atoms with van der Waals surface area (Å²) in [6.45, 7) is 3.62. The molecule has 2 heterocycles. The number of carbonyl (C=O) groups is 1. The van der Waals surface area contributed by atoms with Crippen molar-refractivity contribution < 1.29 is 18.3 Å². The molecule has 0 bridgehead atoms. The largest absolute Gasteiger partial charge is 0.494 e. The van der Waals surface area contributed by atoms with Gasteiger partial charge in [0.2, 0.25) is 5.91 Å². The monoisotopic (exact) mass is 463 g/mol. The van der Waals surface area contributed by atoms with Crippen molar-refractivity contribution in [3.05, 3.63) is 66.5 Å². The van der Waals surface area contributed by atoms with E-state index >= 15 is 0 Å². The summed E-state index contributed by atoms with van der Waals surface area (Å²) in [7, 11) is 1.48. The Morgan fingerprint density at radius 2 is 1.91 bits per heavy atom. The number of aromatic nitrogens is 3. The number of nitrogens with two attached hydrogens (primary N) is 1. The summed E-state index contributed by atoms with van der Waals surface area (Å²) in [4.78, 5) is 25.3. The Hall–Kier alpha value is -4.14. The third-order valence-corrected chi connectivity index (χ3v) is 5.51. The van der Waals surface area contributed by atoms with Gasteiger partial charge in [-0.2, -0.15) is 0 Å². The van der Waals surface area contributed by atoms with Crippen molar-refractivity contribution in [3.63, 3.8) is 0 Å². The summed E-state index contributed by atoms with van der Waals surface area (Å²) in [6, 6.07) is 10.3. The number of anilines is 1. The van der Waals surface area contributed by atoms with E-state index in [0.29, 0.717) is 39.4 Å². The number of rotatable bonds is 7. The highest BCUT2D eigenvalue weighted by atomic mass is 19.1. The van der Waals surface area contributed by atoms with Crippen molar-refractivity contribution in [2.75, 3.05) is 19.0 Å². The Morgan fingerprint density at radius 3 is 2.56 bits per heavy atom. The fraction of sp³-hybridized carbons (Fsp3) is 0.200. The van der Waals surface area contributed by atoms with Crippen molar-refractivity contribution in [1.29, 1.82) is 0 Å². The molecule has 174 valence electrons. The number of primary amides is 1. The van der Waals surface area contributed by atoms with Gasteiger partial charge in [-0.1, -0.05) is 0 Å². The molecule has 0 aliphatic heterocycles. The molecule has 0 aliphatic rings. The van der Waals surface area contributed by atoms with Gasteiger partial charge in [0, 0.05) is 41.5 Å². The minimum Gasteiger partial charge on any atom is -0.494 e. The van der Waals surface area contributed by atoms with Crippen LogP contribution < -0.4 is 15.8 Å². The highest BCUT2D eigenvalue weighted by Crippen LogP contribution is 2.37. The summed E-state index contributed by atoms with van der Waals surface area (Å²) in [5.74, 6) is -0.688. The normalized spacial score (nSPS) is 11.4. The third kappa shape index (κ3) is 4.50. The SMILES string of the molecule is COc1cc(-c2ccc(F)cc2F)cc2c(NCC(C)(C)C(N)=O)nc(-c3cccnc3)nc12. The van der Waals surface area contributed by atoms with Gasteiger partial charge in [-0.05, 0) is 55.8 Å². The second-order valence-corrected chi connectivity index (χ2v) is 8.44. The summed E-state index contributed by atoms with van der Waals surface area (Å²) in [5.41, 5.74) is 6.47. The Morgan fingerprint density at radius 1 is 1.12 bits per heavy atom. The van der Waals surface area contributed by atoms with Crippen LogP contribution in [0.5, 0.6) is 5.75 Å². The van der Waals surface area contributed by atoms with Crippen molar-refractivity contribution in [3.8, 4) is 28.3 Å². The molecule has 34 heavy (non-hydrogen) atoms. The minimum atomic E-state index is -0.865. The quantitative estimate of drug-likeness (QED) is 0.416. The van der Waals surface area contributed by atoms with Gasteiger partial charge in [-0.3, -0.25) is 9.78 Å². The number of carbonyl (C=O) groups excluding carboxylic acids is 1. The highest BCUT2D eigenvalue weighted by Gasteiger charge is 2.26. The van der Waals surface area contributed by atoms with E-state index in [-0.39, 0.29) is 12.1 Å². The van der Waals surface area contributed by atoms with Gasteiger partial charge in [0.1, 0.15) is 28.7 Å². The predicted molar refractivity (Wildman–Crippen MR) is 126 cm³/mol. The second kappa shape index (κ2) is 9.01. The number of halogens is 2. The number of hydrogen-bond donors (Lipinski definition) is 2. The van der Waals surface area contributed by atoms with E-state index in [9.17, 15) is 13.6 Å². The van der Waals surface area contributed by atoms with Crippen LogP contribution in [0.4, 0.5) is 14.6 Å². The van der Waals surface area contributed by atoms with Gasteiger partial charge in [0.15, 0.2) is 5.82 Å². The average Bonchev–Trinajstić information content (AvgIpc) is 2.82. The maximum atomic E-state index is 14.6. The minimum absolute atomic E-state index is 0.193. The highest BCUT2D eigenvalue weighted by molar-refractivity contribution is 5.98. The molecule has 1 amide bonds. The third-order valence-electron chi connectivity index (χ3n) is 5.51. The van der Waals surface area contributed by atoms with E-state index in [0.717, 1.165) is 6.07 Å². The van der Waals surface area contributed by atoms with Gasteiger partial charge in [0.05, 0.1) is 12.5 Å². The lowest BCUT2D eigenvalue weighted by molar-refractivity contribution is -0.125. The van der Waals surface area contributed by atoms with Crippen LogP contribution in [0.3, 0.4) is 0 Å². The molecule has 0 unspecified atom stereocenters. The maximum absolute atomic E-state index is 14.6. The van der Waals surface area contributed by atoms with E-state index in [2.05, 4.69) is 20.3 Å². The van der Waals surface area contributed by atoms with Crippen LogP contribution in [0.15, 0.2) is 54.9 Å². The molecule has 4 rings (SSSR count). The molecule has 3 N–H and O–H groups in total. The molecule has 4 aromatic rings. The first kappa shape index (κ1) is 23.0. The first-order valence-electron chi connectivity index (χ1n) is 10.5. The first-order valence-corrected chi connectivity index (χ1v) is 10.5. The van der Waals surface area contributed by atoms with Crippen LogP contribution in [0.25, 0.3) is 33.4 Å². The number of hydrogen-bond acceptors (Lipinski definition) is 6. The fourth-order valence-electron chi connectivity index (χ4n) is 3.39. The van der Waals surface area contributed by atoms with Crippen LogP contribution in [0, 0.1) is 17.0 Å². The van der Waals surface area contributed by atoms with E-state index in [1.807, 2.05) is 6.07 Å². The van der Waals surface area contributed by atoms with Crippen LogP contribution in [-0.2, 0) is 4.79 Å². The molecule has 9 heteroatoms. The van der Waals surface area contributed by atoms with E-state index in [1.54, 1.807) is 44.4 Å². The lowest BCUT2D eigenvalue weighted by Crippen LogP contribution is -2.37. The standard InChI is InChI=1S/C25H23F2N5O2/c1-25(2,24(28)33)13-30-23-18-9-15(17-7-6-16(26)11-19(17)27)10-20(34-3)21(18)31-22(32-23)14-5-4-8-29-12-14/h4-12H,13H2,1-3H3,(H2,28,33)(H,30,31,32). The second-order valence-electron chi connectivity index (χ2n) is 8.44. The molecular formula is C25H23F2N5O2. The number of benzene rings is 2. The molecule has 0 atom stereocenters. The van der Waals surface area contributed by atoms with Crippen LogP contribution in [-0.4, -0.2) is 34.5 Å². The lowest BCUT2D eigenvalue weighted by Gasteiger charge is -2.22. The number of ether oxygens (including phenoxy) is 1. The molecule has 0 spiro atoms. The zero-order chi connectivity index (χ0) is 24.5. The number of fused-ring (bicyclic) bond motifs is 1. The van der Waals surface area contributed by atoms with Crippen LogP contribution in [0.1, 0.15) is 13.8 Å². The van der Waals surface area contributed by atoms with E-state index < -0.39 is 23.0 Å². The Labute approximate surface area is 195 Å².